The van der Waals surface area contributed by atoms with Crippen molar-refractivity contribution in [2.75, 3.05) is 16.8 Å². The van der Waals surface area contributed by atoms with E-state index < -0.39 is 58.0 Å². The van der Waals surface area contributed by atoms with E-state index in [-0.39, 0.29) is 21.5 Å². The molecule has 232 valence electrons. The molecule has 4 aromatic rings. The molecule has 0 bridgehead atoms. The zero-order chi connectivity index (χ0) is 32.2. The van der Waals surface area contributed by atoms with Gasteiger partial charge >= 0.3 is 11.0 Å². The first-order valence-electron chi connectivity index (χ1n) is 12.9. The molecule has 0 saturated carbocycles. The number of alkyl halides is 3. The smallest absolute Gasteiger partial charge is 0.416 e. The number of amides is 3. The number of halogens is 6. The monoisotopic (exact) mass is 713 g/mol. The average molecular weight is 715 g/mol. The van der Waals surface area contributed by atoms with Crippen molar-refractivity contribution in [2.24, 2.45) is 5.92 Å². The summed E-state index contributed by atoms with van der Waals surface area (Å²) in [6.45, 7) is -0.482. The molecule has 3 aromatic carbocycles. The maximum atomic E-state index is 14.0. The van der Waals surface area contributed by atoms with Crippen molar-refractivity contribution in [2.45, 2.75) is 22.4 Å². The number of fused-ring (bicyclic) bond motifs is 2. The highest BCUT2D eigenvalue weighted by molar-refractivity contribution is 8.00. The van der Waals surface area contributed by atoms with E-state index in [1.165, 1.54) is 36.4 Å². The molecule has 1 fully saturated rings. The number of nitrogens with one attached hydrogen (secondary N) is 2. The molecule has 3 amide bonds. The Hall–Kier alpha value is -3.49. The van der Waals surface area contributed by atoms with Crippen LogP contribution in [0, 0.1) is 5.92 Å². The van der Waals surface area contributed by atoms with E-state index in [2.05, 4.69) is 10.3 Å². The Morgan fingerprint density at radius 2 is 1.76 bits per heavy atom. The van der Waals surface area contributed by atoms with Crippen LogP contribution in [0.3, 0.4) is 0 Å². The minimum absolute atomic E-state index is 0.143. The van der Waals surface area contributed by atoms with Gasteiger partial charge in [0.1, 0.15) is 11.0 Å². The lowest BCUT2D eigenvalue weighted by Gasteiger charge is -2.31. The number of nitrogens with zero attached hydrogens (tertiary/aromatic N) is 1. The summed E-state index contributed by atoms with van der Waals surface area (Å²) in [6, 6.07) is 13.0. The van der Waals surface area contributed by atoms with Crippen LogP contribution in [0.5, 0.6) is 5.75 Å². The number of hydrogen-bond donors (Lipinski definition) is 2. The van der Waals surface area contributed by atoms with Gasteiger partial charge in [-0.25, -0.2) is 4.90 Å². The van der Waals surface area contributed by atoms with Gasteiger partial charge in [-0.3, -0.25) is 19.2 Å². The Bertz CT molecular complexity index is 1930. The van der Waals surface area contributed by atoms with Crippen molar-refractivity contribution in [3.05, 3.63) is 101 Å². The number of carbonyl (C=O) groups excluding carboxylic acids is 3. The van der Waals surface area contributed by atoms with Gasteiger partial charge in [0.15, 0.2) is 6.61 Å². The second-order valence-electron chi connectivity index (χ2n) is 9.96. The molecule has 2 N–H and O–H groups in total. The Labute approximate surface area is 275 Å². The largest absolute Gasteiger partial charge is 0.483 e. The normalized spacial score (nSPS) is 19.3. The molecule has 2 aliphatic heterocycles. The number of benzene rings is 3. The number of thioether (sulfide) groups is 1. The number of rotatable bonds is 6. The van der Waals surface area contributed by atoms with Crippen molar-refractivity contribution in [3.63, 3.8) is 0 Å². The van der Waals surface area contributed by atoms with E-state index in [9.17, 15) is 32.3 Å². The summed E-state index contributed by atoms with van der Waals surface area (Å²) in [7, 11) is 0. The van der Waals surface area contributed by atoms with Crippen LogP contribution in [-0.4, -0.2) is 34.6 Å². The van der Waals surface area contributed by atoms with Gasteiger partial charge in [0.05, 0.1) is 32.2 Å². The minimum Gasteiger partial charge on any atom is -0.483 e. The molecule has 3 atom stereocenters. The molecule has 0 aliphatic carbocycles. The SMILES string of the molecule is O=C(COc1ccc(Cl)cc1C1c2sc(=O)[nH]c2SC2C(=O)N(c3cccc(C(F)(F)F)c3)C(=O)C21)Nc1ccc(Cl)c(Cl)c1. The summed E-state index contributed by atoms with van der Waals surface area (Å²) in [5, 5.41) is 2.66. The number of anilines is 2. The molecule has 1 aromatic heterocycles. The number of imide groups is 1. The Morgan fingerprint density at radius 3 is 2.49 bits per heavy atom. The zero-order valence-corrected chi connectivity index (χ0v) is 26.2. The molecule has 16 heteroatoms. The van der Waals surface area contributed by atoms with Crippen LogP contribution in [0.15, 0.2) is 70.5 Å². The fourth-order valence-corrected chi connectivity index (χ4v) is 8.22. The van der Waals surface area contributed by atoms with Gasteiger partial charge in [0.2, 0.25) is 11.8 Å². The van der Waals surface area contributed by atoms with Gasteiger partial charge in [0, 0.05) is 27.1 Å². The quantitative estimate of drug-likeness (QED) is 0.204. The summed E-state index contributed by atoms with van der Waals surface area (Å²) in [5.74, 6) is -4.00. The number of carbonyl (C=O) groups is 3. The zero-order valence-electron chi connectivity index (χ0n) is 22.3. The number of H-pyrrole nitrogens is 1. The van der Waals surface area contributed by atoms with Crippen LogP contribution in [0.25, 0.3) is 0 Å². The summed E-state index contributed by atoms with van der Waals surface area (Å²) in [5.41, 5.74) is -0.573. The molecule has 0 radical (unpaired) electrons. The van der Waals surface area contributed by atoms with Crippen LogP contribution >= 0.6 is 57.9 Å². The van der Waals surface area contributed by atoms with Crippen molar-refractivity contribution in [1.29, 1.82) is 0 Å². The maximum Gasteiger partial charge on any atom is 0.416 e. The second kappa shape index (κ2) is 12.0. The van der Waals surface area contributed by atoms with E-state index in [0.29, 0.717) is 26.2 Å². The van der Waals surface area contributed by atoms with Gasteiger partial charge in [-0.15, -0.1) is 0 Å². The number of ether oxygens (including phenoxy) is 1. The summed E-state index contributed by atoms with van der Waals surface area (Å²) < 4.78 is 46.3. The van der Waals surface area contributed by atoms with Gasteiger partial charge in [-0.2, -0.15) is 13.2 Å². The highest BCUT2D eigenvalue weighted by Crippen LogP contribution is 2.55. The minimum atomic E-state index is -4.70. The average Bonchev–Trinajstić information content (AvgIpc) is 3.47. The topological polar surface area (TPSA) is 109 Å². The Kier molecular flexibility index (Phi) is 8.42. The molecule has 45 heavy (non-hydrogen) atoms. The molecule has 1 saturated heterocycles. The van der Waals surface area contributed by atoms with Gasteiger partial charge in [-0.1, -0.05) is 64.0 Å². The standard InChI is InChI=1S/C29H17Cl3F3N3O5S2/c30-13-4-7-19(43-11-20(39)36-14-5-6-17(31)18(32)10-14)16(9-13)21-22-24(44-25-23(21)45-28(42)37-25)27(41)38(26(22)40)15-3-1-2-12(8-15)29(33,34)35/h1-10,21-22,24H,11H2,(H,36,39)(H,37,42). The third-order valence-electron chi connectivity index (χ3n) is 7.12. The highest BCUT2D eigenvalue weighted by atomic mass is 35.5. The van der Waals surface area contributed by atoms with Crippen molar-refractivity contribution in [3.8, 4) is 5.75 Å². The molecule has 3 heterocycles. The van der Waals surface area contributed by atoms with Crippen LogP contribution < -0.4 is 19.8 Å². The number of aromatic nitrogens is 1. The van der Waals surface area contributed by atoms with Crippen LogP contribution in [-0.2, 0) is 20.6 Å². The number of hydrogen-bond acceptors (Lipinski definition) is 7. The molecular weight excluding hydrogens is 698 g/mol. The molecular formula is C29H17Cl3F3N3O5S2. The maximum absolute atomic E-state index is 14.0. The van der Waals surface area contributed by atoms with Crippen LogP contribution in [0.4, 0.5) is 24.5 Å². The number of thiazole rings is 1. The first kappa shape index (κ1) is 31.5. The molecule has 6 rings (SSSR count). The van der Waals surface area contributed by atoms with Crippen molar-refractivity contribution < 1.29 is 32.3 Å². The van der Waals surface area contributed by atoms with Crippen molar-refractivity contribution >= 4 is 87.0 Å². The first-order chi connectivity index (χ1) is 21.3. The Balaban J connectivity index is 1.36. The van der Waals surface area contributed by atoms with E-state index in [0.717, 1.165) is 46.2 Å². The van der Waals surface area contributed by atoms with E-state index in [4.69, 9.17) is 39.5 Å². The van der Waals surface area contributed by atoms with Crippen LogP contribution in [0.2, 0.25) is 15.1 Å². The Morgan fingerprint density at radius 1 is 0.978 bits per heavy atom. The molecule has 2 aliphatic rings. The molecule has 3 unspecified atom stereocenters. The third kappa shape index (κ3) is 6.07. The van der Waals surface area contributed by atoms with E-state index >= 15 is 0 Å². The summed E-state index contributed by atoms with van der Waals surface area (Å²) >= 11 is 20.1. The third-order valence-corrected chi connectivity index (χ3v) is 10.5. The van der Waals surface area contributed by atoms with E-state index in [1.54, 1.807) is 6.07 Å². The van der Waals surface area contributed by atoms with Gasteiger partial charge < -0.3 is 15.0 Å². The first-order valence-corrected chi connectivity index (χ1v) is 15.8. The number of aromatic amines is 1. The van der Waals surface area contributed by atoms with Gasteiger partial charge in [-0.05, 0) is 54.6 Å². The fourth-order valence-electron chi connectivity index (χ4n) is 5.24. The molecule has 0 spiro atoms. The van der Waals surface area contributed by atoms with Crippen LogP contribution in [0.1, 0.15) is 21.9 Å². The lowest BCUT2D eigenvalue weighted by atomic mass is 9.82. The second-order valence-corrected chi connectivity index (χ2v) is 13.4. The van der Waals surface area contributed by atoms with Crippen molar-refractivity contribution in [1.82, 2.24) is 4.98 Å². The van der Waals surface area contributed by atoms with E-state index in [1.807, 2.05) is 0 Å². The predicted molar refractivity (Wildman–Crippen MR) is 166 cm³/mol. The summed E-state index contributed by atoms with van der Waals surface area (Å²) in [6.07, 6.45) is -4.70. The van der Waals surface area contributed by atoms with Gasteiger partial charge in [0.25, 0.3) is 5.91 Å². The summed E-state index contributed by atoms with van der Waals surface area (Å²) in [4.78, 5) is 56.3. The lowest BCUT2D eigenvalue weighted by molar-refractivity contribution is -0.137. The molecule has 8 nitrogen and oxygen atoms in total. The highest BCUT2D eigenvalue weighted by Gasteiger charge is 2.57. The predicted octanol–water partition coefficient (Wildman–Crippen LogP) is 7.23. The lowest BCUT2D eigenvalue weighted by Crippen LogP contribution is -2.32. The fraction of sp³-hybridized carbons (Fsp3) is 0.172.